The maximum absolute atomic E-state index is 13.4. The van der Waals surface area contributed by atoms with Crippen LogP contribution in [0.25, 0.3) is 0 Å². The van der Waals surface area contributed by atoms with Crippen molar-refractivity contribution < 1.29 is 9.13 Å². The normalized spacial score (nSPS) is 10.2. The lowest BCUT2D eigenvalue weighted by atomic mass is 10.3. The number of benzene rings is 1. The number of ether oxygens (including phenoxy) is 1. The highest BCUT2D eigenvalue weighted by Crippen LogP contribution is 2.15. The molecular formula is C14H14ClFN2O. The summed E-state index contributed by atoms with van der Waals surface area (Å²) in [6, 6.07) is 10.8. The Labute approximate surface area is 116 Å². The topological polar surface area (TPSA) is 34.2 Å². The Balaban J connectivity index is 1.69. The summed E-state index contributed by atoms with van der Waals surface area (Å²) in [7, 11) is 0. The van der Waals surface area contributed by atoms with Gasteiger partial charge in [0.1, 0.15) is 5.75 Å². The van der Waals surface area contributed by atoms with Gasteiger partial charge in [-0.05, 0) is 24.6 Å². The zero-order chi connectivity index (χ0) is 13.5. The summed E-state index contributed by atoms with van der Waals surface area (Å²) in [6.45, 7) is 1.14. The standard InChI is InChI=1S/C14H14ClFN2O/c15-11-9-13(16)14(18-10-11)17-7-4-8-19-12-5-2-1-3-6-12/h1-3,5-6,9-10H,4,7-8H2,(H,17,18). The van der Waals surface area contributed by atoms with Crippen molar-refractivity contribution >= 4 is 17.4 Å². The third-order valence-electron chi connectivity index (χ3n) is 2.43. The van der Waals surface area contributed by atoms with Gasteiger partial charge in [-0.25, -0.2) is 9.37 Å². The van der Waals surface area contributed by atoms with E-state index in [0.29, 0.717) is 13.2 Å². The molecule has 0 radical (unpaired) electrons. The Kier molecular flexibility index (Phi) is 4.98. The van der Waals surface area contributed by atoms with Gasteiger partial charge < -0.3 is 10.1 Å². The van der Waals surface area contributed by atoms with Crippen LogP contribution in [-0.2, 0) is 0 Å². The molecule has 0 atom stereocenters. The molecule has 0 spiro atoms. The van der Waals surface area contributed by atoms with E-state index in [1.165, 1.54) is 12.3 Å². The van der Waals surface area contributed by atoms with Crippen LogP contribution in [0.5, 0.6) is 5.75 Å². The second kappa shape index (κ2) is 6.95. The van der Waals surface area contributed by atoms with Gasteiger partial charge in [0.05, 0.1) is 11.6 Å². The summed E-state index contributed by atoms with van der Waals surface area (Å²) in [5.74, 6) is 0.596. The highest BCUT2D eigenvalue weighted by molar-refractivity contribution is 6.30. The fourth-order valence-electron chi connectivity index (χ4n) is 1.53. The number of pyridine rings is 1. The maximum Gasteiger partial charge on any atom is 0.166 e. The molecule has 1 aromatic heterocycles. The monoisotopic (exact) mass is 280 g/mol. The van der Waals surface area contributed by atoms with E-state index in [1.54, 1.807) is 0 Å². The summed E-state index contributed by atoms with van der Waals surface area (Å²) in [4.78, 5) is 3.87. The predicted octanol–water partition coefficient (Wildman–Crippen LogP) is 3.76. The fraction of sp³-hybridized carbons (Fsp3) is 0.214. The van der Waals surface area contributed by atoms with Crippen molar-refractivity contribution in [2.45, 2.75) is 6.42 Å². The van der Waals surface area contributed by atoms with Crippen molar-refractivity contribution in [3.05, 3.63) is 53.4 Å². The van der Waals surface area contributed by atoms with Gasteiger partial charge >= 0.3 is 0 Å². The first-order chi connectivity index (χ1) is 9.25. The minimum absolute atomic E-state index is 0.212. The smallest absolute Gasteiger partial charge is 0.166 e. The number of rotatable bonds is 6. The van der Waals surface area contributed by atoms with E-state index in [9.17, 15) is 4.39 Å². The van der Waals surface area contributed by atoms with Gasteiger partial charge in [-0.2, -0.15) is 0 Å². The minimum Gasteiger partial charge on any atom is -0.494 e. The van der Waals surface area contributed by atoms with E-state index < -0.39 is 5.82 Å². The van der Waals surface area contributed by atoms with Crippen molar-refractivity contribution in [3.63, 3.8) is 0 Å². The number of halogens is 2. The van der Waals surface area contributed by atoms with Crippen LogP contribution in [0.3, 0.4) is 0 Å². The fourth-order valence-corrected chi connectivity index (χ4v) is 1.67. The number of nitrogens with one attached hydrogen (secondary N) is 1. The molecule has 0 aliphatic rings. The quantitative estimate of drug-likeness (QED) is 0.818. The highest BCUT2D eigenvalue weighted by Gasteiger charge is 2.03. The van der Waals surface area contributed by atoms with Gasteiger partial charge in [-0.1, -0.05) is 29.8 Å². The van der Waals surface area contributed by atoms with Gasteiger partial charge in [0.25, 0.3) is 0 Å². The molecule has 0 amide bonds. The van der Waals surface area contributed by atoms with Crippen LogP contribution >= 0.6 is 11.6 Å². The van der Waals surface area contributed by atoms with Crippen LogP contribution in [0.1, 0.15) is 6.42 Å². The molecule has 0 saturated heterocycles. The van der Waals surface area contributed by atoms with Crippen LogP contribution in [0.4, 0.5) is 10.2 Å². The predicted molar refractivity (Wildman–Crippen MR) is 74.2 cm³/mol. The number of aromatic nitrogens is 1. The molecule has 2 rings (SSSR count). The van der Waals surface area contributed by atoms with E-state index in [0.717, 1.165) is 12.2 Å². The molecule has 0 aliphatic heterocycles. The zero-order valence-electron chi connectivity index (χ0n) is 10.3. The van der Waals surface area contributed by atoms with Crippen LogP contribution in [0.2, 0.25) is 5.02 Å². The van der Waals surface area contributed by atoms with E-state index in [4.69, 9.17) is 16.3 Å². The first-order valence-electron chi connectivity index (χ1n) is 5.98. The summed E-state index contributed by atoms with van der Waals surface area (Å²) in [5.41, 5.74) is 0. The van der Waals surface area contributed by atoms with Crippen molar-refractivity contribution in [1.29, 1.82) is 0 Å². The van der Waals surface area contributed by atoms with Crippen molar-refractivity contribution in [2.24, 2.45) is 0 Å². The number of hydrogen-bond acceptors (Lipinski definition) is 3. The molecule has 1 aromatic carbocycles. The highest BCUT2D eigenvalue weighted by atomic mass is 35.5. The SMILES string of the molecule is Fc1cc(Cl)cnc1NCCCOc1ccccc1. The van der Waals surface area contributed by atoms with Crippen LogP contribution in [0.15, 0.2) is 42.6 Å². The average molecular weight is 281 g/mol. The number of para-hydroxylation sites is 1. The number of hydrogen-bond donors (Lipinski definition) is 1. The lowest BCUT2D eigenvalue weighted by Gasteiger charge is -2.08. The third-order valence-corrected chi connectivity index (χ3v) is 2.64. The van der Waals surface area contributed by atoms with Gasteiger partial charge in [-0.15, -0.1) is 0 Å². The number of nitrogens with zero attached hydrogens (tertiary/aromatic N) is 1. The molecule has 0 saturated carbocycles. The lowest BCUT2D eigenvalue weighted by Crippen LogP contribution is -2.09. The Morgan fingerprint density at radius 1 is 1.26 bits per heavy atom. The Bertz CT molecular complexity index is 522. The molecule has 100 valence electrons. The molecule has 1 N–H and O–H groups in total. The maximum atomic E-state index is 13.4. The molecule has 0 fully saturated rings. The van der Waals surface area contributed by atoms with E-state index in [-0.39, 0.29) is 10.8 Å². The van der Waals surface area contributed by atoms with Gasteiger partial charge in [0.15, 0.2) is 11.6 Å². The average Bonchev–Trinajstić information content (AvgIpc) is 2.42. The van der Waals surface area contributed by atoms with E-state index >= 15 is 0 Å². The molecule has 5 heteroatoms. The molecule has 0 unspecified atom stereocenters. The summed E-state index contributed by atoms with van der Waals surface area (Å²) >= 11 is 5.62. The first kappa shape index (κ1) is 13.6. The van der Waals surface area contributed by atoms with Gasteiger partial charge in [0.2, 0.25) is 0 Å². The largest absolute Gasteiger partial charge is 0.494 e. The number of anilines is 1. The Hall–Kier alpha value is -1.81. The van der Waals surface area contributed by atoms with E-state index in [1.807, 2.05) is 30.3 Å². The van der Waals surface area contributed by atoms with Crippen LogP contribution < -0.4 is 10.1 Å². The second-order valence-electron chi connectivity index (χ2n) is 3.93. The van der Waals surface area contributed by atoms with Crippen molar-refractivity contribution in [2.75, 3.05) is 18.5 Å². The van der Waals surface area contributed by atoms with E-state index in [2.05, 4.69) is 10.3 Å². The molecule has 0 bridgehead atoms. The van der Waals surface area contributed by atoms with Crippen LogP contribution in [-0.4, -0.2) is 18.1 Å². The molecule has 19 heavy (non-hydrogen) atoms. The van der Waals surface area contributed by atoms with Crippen molar-refractivity contribution in [3.8, 4) is 5.75 Å². The third kappa shape index (κ3) is 4.41. The molecule has 2 aromatic rings. The summed E-state index contributed by atoms with van der Waals surface area (Å²) in [5, 5.41) is 3.19. The lowest BCUT2D eigenvalue weighted by molar-refractivity contribution is 0.315. The molecule has 3 nitrogen and oxygen atoms in total. The van der Waals surface area contributed by atoms with Crippen LogP contribution in [0, 0.1) is 5.82 Å². The summed E-state index contributed by atoms with van der Waals surface area (Å²) < 4.78 is 18.9. The first-order valence-corrected chi connectivity index (χ1v) is 6.36. The summed E-state index contributed by atoms with van der Waals surface area (Å²) in [6.07, 6.45) is 2.16. The molecular weight excluding hydrogens is 267 g/mol. The molecule has 0 aliphatic carbocycles. The Morgan fingerprint density at radius 3 is 2.79 bits per heavy atom. The second-order valence-corrected chi connectivity index (χ2v) is 4.36. The van der Waals surface area contributed by atoms with Crippen molar-refractivity contribution in [1.82, 2.24) is 4.98 Å². The molecule has 1 heterocycles. The van der Waals surface area contributed by atoms with Gasteiger partial charge in [0, 0.05) is 12.7 Å². The zero-order valence-corrected chi connectivity index (χ0v) is 11.0. The van der Waals surface area contributed by atoms with Gasteiger partial charge in [-0.3, -0.25) is 0 Å². The minimum atomic E-state index is -0.448. The Morgan fingerprint density at radius 2 is 2.05 bits per heavy atom.